The molecule has 0 saturated heterocycles. The number of aromatic nitrogens is 2. The molecule has 4 N–H and O–H groups in total. The van der Waals surface area contributed by atoms with Crippen LogP contribution in [0.3, 0.4) is 0 Å². The number of carboxylic acid groups (broad SMARTS) is 1. The third kappa shape index (κ3) is 4.25. The third-order valence-corrected chi connectivity index (χ3v) is 9.98. The summed E-state index contributed by atoms with van der Waals surface area (Å²) in [6, 6.07) is 4.09. The highest BCUT2D eigenvalue weighted by Crippen LogP contribution is 2.41. The average Bonchev–Trinajstić information content (AvgIpc) is 3.54. The van der Waals surface area contributed by atoms with E-state index < -0.39 is 42.7 Å². The van der Waals surface area contributed by atoms with Crippen molar-refractivity contribution in [3.63, 3.8) is 0 Å². The Kier molecular flexibility index (Phi) is 5.78. The molecular formula is C19H25N5O7S2. The van der Waals surface area contributed by atoms with E-state index in [1.165, 1.54) is 29.1 Å². The second kappa shape index (κ2) is 8.18. The van der Waals surface area contributed by atoms with E-state index in [1.807, 2.05) is 6.92 Å². The molecule has 2 aromatic rings. The topological polar surface area (TPSA) is 174 Å². The van der Waals surface area contributed by atoms with Gasteiger partial charge in [-0.3, -0.25) is 14.3 Å². The number of amides is 1. The number of ether oxygens (including phenoxy) is 1. The van der Waals surface area contributed by atoms with Crippen LogP contribution in [0.1, 0.15) is 25.5 Å². The molecule has 12 nitrogen and oxygen atoms in total. The summed E-state index contributed by atoms with van der Waals surface area (Å²) in [5, 5.41) is 13.4. The molecule has 0 spiro atoms. The number of nitrogens with one attached hydrogen (secondary N) is 1. The van der Waals surface area contributed by atoms with Gasteiger partial charge in [0.15, 0.2) is 9.84 Å². The molecule has 1 amide bonds. The van der Waals surface area contributed by atoms with Gasteiger partial charge < -0.3 is 15.6 Å². The number of benzene rings is 1. The zero-order chi connectivity index (χ0) is 24.1. The Hall–Kier alpha value is -2.84. The Balaban J connectivity index is 1.80. The van der Waals surface area contributed by atoms with Crippen LogP contribution in [0.4, 0.5) is 16.2 Å². The van der Waals surface area contributed by atoms with Crippen molar-refractivity contribution in [2.45, 2.75) is 54.9 Å². The molecule has 1 aromatic heterocycles. The van der Waals surface area contributed by atoms with Gasteiger partial charge >= 0.3 is 6.09 Å². The normalized spacial score (nSPS) is 19.5. The Morgan fingerprint density at radius 1 is 1.33 bits per heavy atom. The SMILES string of the molecule is CCn1cc(S(=O)(=O)N2CC(C(N)S(=O)(=O)C3CC3)Oc3ccc(NC(=O)O)cc32)c(C)n1. The molecule has 2 heterocycles. The number of sulfonamides is 1. The lowest BCUT2D eigenvalue weighted by atomic mass is 10.2. The van der Waals surface area contributed by atoms with Crippen molar-refractivity contribution >= 4 is 37.3 Å². The molecule has 33 heavy (non-hydrogen) atoms. The van der Waals surface area contributed by atoms with Crippen molar-refractivity contribution < 1.29 is 31.5 Å². The van der Waals surface area contributed by atoms with Crippen LogP contribution < -0.4 is 20.1 Å². The van der Waals surface area contributed by atoms with Gasteiger partial charge in [0.1, 0.15) is 22.1 Å². The number of aryl methyl sites for hydroxylation is 2. The molecular weight excluding hydrogens is 474 g/mol. The predicted molar refractivity (Wildman–Crippen MR) is 120 cm³/mol. The zero-order valence-electron chi connectivity index (χ0n) is 18.0. The summed E-state index contributed by atoms with van der Waals surface area (Å²) in [4.78, 5) is 11.0. The van der Waals surface area contributed by atoms with Crippen molar-refractivity contribution in [1.82, 2.24) is 9.78 Å². The van der Waals surface area contributed by atoms with Crippen LogP contribution in [0.15, 0.2) is 29.3 Å². The number of anilines is 2. The van der Waals surface area contributed by atoms with Crippen LogP contribution in [0.25, 0.3) is 0 Å². The first-order chi connectivity index (χ1) is 15.4. The number of nitrogens with zero attached hydrogens (tertiary/aromatic N) is 3. The molecule has 1 aliphatic carbocycles. The molecule has 1 saturated carbocycles. The zero-order valence-corrected chi connectivity index (χ0v) is 19.6. The Morgan fingerprint density at radius 2 is 2.03 bits per heavy atom. The van der Waals surface area contributed by atoms with Crippen molar-refractivity contribution in [3.8, 4) is 5.75 Å². The van der Waals surface area contributed by atoms with Crippen LogP contribution in [-0.2, 0) is 26.4 Å². The maximum absolute atomic E-state index is 13.7. The van der Waals surface area contributed by atoms with Gasteiger partial charge in [0, 0.05) is 18.4 Å². The van der Waals surface area contributed by atoms with Crippen LogP contribution >= 0.6 is 0 Å². The minimum absolute atomic E-state index is 0.0498. The first-order valence-corrected chi connectivity index (χ1v) is 13.4. The van der Waals surface area contributed by atoms with Gasteiger partial charge in [0.25, 0.3) is 10.0 Å². The molecule has 2 aliphatic rings. The van der Waals surface area contributed by atoms with E-state index in [-0.39, 0.29) is 34.3 Å². The van der Waals surface area contributed by atoms with E-state index in [0.29, 0.717) is 19.4 Å². The summed E-state index contributed by atoms with van der Waals surface area (Å²) in [7, 11) is -7.92. The summed E-state index contributed by atoms with van der Waals surface area (Å²) in [6.07, 6.45) is -0.0500. The fraction of sp³-hybridized carbons (Fsp3) is 0.474. The maximum atomic E-state index is 13.7. The molecule has 0 bridgehead atoms. The second-order valence-electron chi connectivity index (χ2n) is 7.99. The highest BCUT2D eigenvalue weighted by Gasteiger charge is 2.47. The van der Waals surface area contributed by atoms with E-state index in [4.69, 9.17) is 15.6 Å². The molecule has 2 atom stereocenters. The molecule has 1 aliphatic heterocycles. The van der Waals surface area contributed by atoms with Crippen LogP contribution in [0.2, 0.25) is 0 Å². The molecule has 4 rings (SSSR count). The minimum Gasteiger partial charge on any atom is -0.484 e. The second-order valence-corrected chi connectivity index (χ2v) is 12.2. The Bertz CT molecular complexity index is 1300. The van der Waals surface area contributed by atoms with E-state index in [0.717, 1.165) is 4.31 Å². The van der Waals surface area contributed by atoms with E-state index in [9.17, 15) is 21.6 Å². The molecule has 1 aromatic carbocycles. The molecule has 2 unspecified atom stereocenters. The van der Waals surface area contributed by atoms with Crippen LogP contribution in [0.5, 0.6) is 5.75 Å². The summed E-state index contributed by atoms with van der Waals surface area (Å²) in [6.45, 7) is 3.46. The highest BCUT2D eigenvalue weighted by molar-refractivity contribution is 7.93. The minimum atomic E-state index is -4.21. The third-order valence-electron chi connectivity index (χ3n) is 5.63. The van der Waals surface area contributed by atoms with E-state index >= 15 is 0 Å². The average molecular weight is 500 g/mol. The van der Waals surface area contributed by atoms with Gasteiger partial charge in [-0.15, -0.1) is 0 Å². The number of carbonyl (C=O) groups is 1. The summed E-state index contributed by atoms with van der Waals surface area (Å²) in [5.41, 5.74) is 6.54. The fourth-order valence-corrected chi connectivity index (χ4v) is 7.19. The fourth-order valence-electron chi connectivity index (χ4n) is 3.74. The molecule has 180 valence electrons. The molecule has 0 radical (unpaired) electrons. The number of nitrogens with two attached hydrogens (primary N) is 1. The smallest absolute Gasteiger partial charge is 0.409 e. The number of rotatable bonds is 7. The monoisotopic (exact) mass is 499 g/mol. The van der Waals surface area contributed by atoms with Crippen molar-refractivity contribution in [2.75, 3.05) is 16.2 Å². The highest BCUT2D eigenvalue weighted by atomic mass is 32.2. The van der Waals surface area contributed by atoms with Crippen molar-refractivity contribution in [2.24, 2.45) is 5.73 Å². The maximum Gasteiger partial charge on any atom is 0.409 e. The largest absolute Gasteiger partial charge is 0.484 e. The van der Waals surface area contributed by atoms with E-state index in [2.05, 4.69) is 10.4 Å². The lowest BCUT2D eigenvalue weighted by Crippen LogP contribution is -2.55. The number of sulfone groups is 1. The number of hydrogen-bond acceptors (Lipinski definition) is 8. The van der Waals surface area contributed by atoms with Gasteiger partial charge in [-0.05, 0) is 44.9 Å². The van der Waals surface area contributed by atoms with E-state index in [1.54, 1.807) is 6.92 Å². The van der Waals surface area contributed by atoms with Gasteiger partial charge in [-0.1, -0.05) is 0 Å². The first-order valence-electron chi connectivity index (χ1n) is 10.3. The Morgan fingerprint density at radius 3 is 2.61 bits per heavy atom. The summed E-state index contributed by atoms with van der Waals surface area (Å²) >= 11 is 0. The lowest BCUT2D eigenvalue weighted by molar-refractivity contribution is 0.194. The number of hydrogen-bond donors (Lipinski definition) is 3. The number of fused-ring (bicyclic) bond motifs is 1. The predicted octanol–water partition coefficient (Wildman–Crippen LogP) is 1.12. The van der Waals surface area contributed by atoms with Gasteiger partial charge in [0.2, 0.25) is 0 Å². The standard InChI is InChI=1S/C19H25N5O7S2/c1-3-23-10-17(11(2)22-23)33(29,30)24-9-16(18(20)32(27,28)13-5-6-13)31-15-7-4-12(8-14(15)24)21-19(25)26/h4,7-8,10,13,16,18,21H,3,5-6,9,20H2,1-2H3,(H,25,26). The van der Waals surface area contributed by atoms with Crippen LogP contribution in [0, 0.1) is 6.92 Å². The lowest BCUT2D eigenvalue weighted by Gasteiger charge is -2.37. The summed E-state index contributed by atoms with van der Waals surface area (Å²) < 4.78 is 61.2. The van der Waals surface area contributed by atoms with Crippen molar-refractivity contribution in [1.29, 1.82) is 0 Å². The molecule has 1 fully saturated rings. The quantitative estimate of drug-likeness (QED) is 0.504. The first kappa shape index (κ1) is 23.3. The van der Waals surface area contributed by atoms with Crippen LogP contribution in [-0.4, -0.2) is 61.1 Å². The van der Waals surface area contributed by atoms with Crippen molar-refractivity contribution in [3.05, 3.63) is 30.1 Å². The summed E-state index contributed by atoms with van der Waals surface area (Å²) in [5.74, 6) is 0.0766. The van der Waals surface area contributed by atoms with Gasteiger partial charge in [-0.25, -0.2) is 21.6 Å². The van der Waals surface area contributed by atoms with Gasteiger partial charge in [0.05, 0.1) is 23.2 Å². The molecule has 14 heteroatoms. The Labute approximate surface area is 191 Å². The van der Waals surface area contributed by atoms with Gasteiger partial charge in [-0.2, -0.15) is 5.10 Å².